The zero-order chi connectivity index (χ0) is 17.1. The summed E-state index contributed by atoms with van der Waals surface area (Å²) in [6, 6.07) is 17.4. The van der Waals surface area contributed by atoms with Crippen LogP contribution in [0.15, 0.2) is 54.6 Å². The summed E-state index contributed by atoms with van der Waals surface area (Å²) in [5.74, 6) is 0.513. The first-order valence-corrected chi connectivity index (χ1v) is 7.77. The van der Waals surface area contributed by atoms with Crippen LogP contribution in [-0.4, -0.2) is 15.8 Å². The van der Waals surface area contributed by atoms with E-state index in [0.29, 0.717) is 5.82 Å². The highest BCUT2D eigenvalue weighted by atomic mass is 16.2. The van der Waals surface area contributed by atoms with Gasteiger partial charge in [-0.1, -0.05) is 42.5 Å². The van der Waals surface area contributed by atoms with Crippen molar-refractivity contribution >= 4 is 17.5 Å². The van der Waals surface area contributed by atoms with Crippen LogP contribution in [0.3, 0.4) is 0 Å². The van der Waals surface area contributed by atoms with Gasteiger partial charge in [-0.25, -0.2) is 4.79 Å². The second-order valence-corrected chi connectivity index (χ2v) is 5.80. The Morgan fingerprint density at radius 1 is 1.00 bits per heavy atom. The van der Waals surface area contributed by atoms with E-state index < -0.39 is 0 Å². The molecule has 0 radical (unpaired) electrons. The molecule has 0 spiro atoms. The van der Waals surface area contributed by atoms with Gasteiger partial charge in [-0.15, -0.1) is 0 Å². The quantitative estimate of drug-likeness (QED) is 0.754. The van der Waals surface area contributed by atoms with Crippen LogP contribution in [0.2, 0.25) is 0 Å². The van der Waals surface area contributed by atoms with Crippen molar-refractivity contribution in [2.45, 2.75) is 13.8 Å². The lowest BCUT2D eigenvalue weighted by Gasteiger charge is -2.09. The van der Waals surface area contributed by atoms with E-state index >= 15 is 0 Å². The van der Waals surface area contributed by atoms with Gasteiger partial charge in [0.2, 0.25) is 0 Å². The SMILES string of the molecule is Cc1ccc(C)c(NC(=O)Nc2cc(-c3ccccc3)n(C)n2)c1. The molecule has 0 unspecified atom stereocenters. The lowest BCUT2D eigenvalue weighted by molar-refractivity contribution is 0.262. The lowest BCUT2D eigenvalue weighted by Crippen LogP contribution is -2.20. The molecule has 5 heteroatoms. The van der Waals surface area contributed by atoms with Gasteiger partial charge in [0.05, 0.1) is 5.69 Å². The van der Waals surface area contributed by atoms with E-state index in [0.717, 1.165) is 28.1 Å². The summed E-state index contributed by atoms with van der Waals surface area (Å²) in [7, 11) is 1.86. The number of carbonyl (C=O) groups excluding carboxylic acids is 1. The third kappa shape index (κ3) is 3.46. The van der Waals surface area contributed by atoms with Crippen LogP contribution in [0.1, 0.15) is 11.1 Å². The third-order valence-electron chi connectivity index (χ3n) is 3.83. The van der Waals surface area contributed by atoms with Gasteiger partial charge >= 0.3 is 6.03 Å². The highest BCUT2D eigenvalue weighted by Gasteiger charge is 2.10. The Labute approximate surface area is 141 Å². The van der Waals surface area contributed by atoms with Crippen LogP contribution in [0.5, 0.6) is 0 Å². The van der Waals surface area contributed by atoms with E-state index in [1.165, 1.54) is 0 Å². The van der Waals surface area contributed by atoms with Gasteiger partial charge in [-0.05, 0) is 36.6 Å². The molecule has 24 heavy (non-hydrogen) atoms. The highest BCUT2D eigenvalue weighted by Crippen LogP contribution is 2.22. The normalized spacial score (nSPS) is 10.5. The molecule has 0 bridgehead atoms. The van der Waals surface area contributed by atoms with Crippen LogP contribution in [0.25, 0.3) is 11.3 Å². The fraction of sp³-hybridized carbons (Fsp3) is 0.158. The first-order valence-electron chi connectivity index (χ1n) is 7.77. The molecule has 0 fully saturated rings. The van der Waals surface area contributed by atoms with E-state index in [1.54, 1.807) is 4.68 Å². The molecule has 2 N–H and O–H groups in total. The Morgan fingerprint density at radius 3 is 2.50 bits per heavy atom. The number of rotatable bonds is 3. The largest absolute Gasteiger partial charge is 0.324 e. The van der Waals surface area contributed by atoms with Crippen LogP contribution in [-0.2, 0) is 7.05 Å². The highest BCUT2D eigenvalue weighted by molar-refractivity contribution is 6.00. The van der Waals surface area contributed by atoms with Crippen LogP contribution >= 0.6 is 0 Å². The summed E-state index contributed by atoms with van der Waals surface area (Å²) in [5.41, 5.74) is 4.90. The van der Waals surface area contributed by atoms with Crippen molar-refractivity contribution in [1.82, 2.24) is 9.78 Å². The van der Waals surface area contributed by atoms with Gasteiger partial charge in [0.15, 0.2) is 5.82 Å². The number of urea groups is 1. The van der Waals surface area contributed by atoms with Crippen molar-refractivity contribution in [2.24, 2.45) is 7.05 Å². The molecule has 0 saturated carbocycles. The minimum atomic E-state index is -0.304. The predicted molar refractivity (Wildman–Crippen MR) is 97.2 cm³/mol. The topological polar surface area (TPSA) is 59.0 Å². The maximum Gasteiger partial charge on any atom is 0.324 e. The number of nitrogens with zero attached hydrogens (tertiary/aromatic N) is 2. The molecule has 2 aromatic carbocycles. The summed E-state index contributed by atoms with van der Waals surface area (Å²) in [4.78, 5) is 12.2. The molecule has 0 aliphatic carbocycles. The average Bonchev–Trinajstić information content (AvgIpc) is 2.92. The maximum absolute atomic E-state index is 12.2. The van der Waals surface area contributed by atoms with Crippen LogP contribution < -0.4 is 10.6 Å². The van der Waals surface area contributed by atoms with Crippen molar-refractivity contribution in [2.75, 3.05) is 10.6 Å². The minimum absolute atomic E-state index is 0.304. The van der Waals surface area contributed by atoms with E-state index in [2.05, 4.69) is 15.7 Å². The fourth-order valence-corrected chi connectivity index (χ4v) is 2.55. The van der Waals surface area contributed by atoms with Gasteiger partial charge in [0.25, 0.3) is 0 Å². The maximum atomic E-state index is 12.2. The van der Waals surface area contributed by atoms with E-state index in [-0.39, 0.29) is 6.03 Å². The van der Waals surface area contributed by atoms with Crippen molar-refractivity contribution in [3.05, 3.63) is 65.7 Å². The number of hydrogen-bond acceptors (Lipinski definition) is 2. The summed E-state index contributed by atoms with van der Waals surface area (Å²) >= 11 is 0. The number of aryl methyl sites for hydroxylation is 3. The van der Waals surface area contributed by atoms with Gasteiger partial charge in [-0.2, -0.15) is 5.10 Å². The molecular formula is C19H20N4O. The van der Waals surface area contributed by atoms with E-state index in [4.69, 9.17) is 0 Å². The number of benzene rings is 2. The number of nitrogens with one attached hydrogen (secondary N) is 2. The molecule has 3 rings (SSSR count). The minimum Gasteiger partial charge on any atom is -0.307 e. The lowest BCUT2D eigenvalue weighted by atomic mass is 10.1. The van der Waals surface area contributed by atoms with Gasteiger partial charge in [0.1, 0.15) is 0 Å². The van der Waals surface area contributed by atoms with Crippen molar-refractivity contribution < 1.29 is 4.79 Å². The molecule has 3 aromatic rings. The summed E-state index contributed by atoms with van der Waals surface area (Å²) in [5, 5.41) is 10.0. The van der Waals surface area contributed by atoms with Gasteiger partial charge < -0.3 is 5.32 Å². The Morgan fingerprint density at radius 2 is 1.75 bits per heavy atom. The Bertz CT molecular complexity index is 868. The predicted octanol–water partition coefficient (Wildman–Crippen LogP) is 4.35. The number of carbonyl (C=O) groups is 1. The third-order valence-corrected chi connectivity index (χ3v) is 3.83. The van der Waals surface area contributed by atoms with Crippen molar-refractivity contribution in [3.8, 4) is 11.3 Å². The van der Waals surface area contributed by atoms with Gasteiger partial charge in [-0.3, -0.25) is 10.00 Å². The summed E-state index contributed by atoms with van der Waals surface area (Å²) in [6.07, 6.45) is 0. The Balaban J connectivity index is 1.75. The number of aromatic nitrogens is 2. The number of anilines is 2. The molecule has 1 heterocycles. The standard InChI is InChI=1S/C19H20N4O/c1-13-9-10-14(2)16(11-13)20-19(24)21-18-12-17(23(3)22-18)15-7-5-4-6-8-15/h4-12H,1-3H3,(H2,20,21,22,24). The number of hydrogen-bond donors (Lipinski definition) is 2. The molecule has 5 nitrogen and oxygen atoms in total. The molecule has 0 saturated heterocycles. The number of amides is 2. The molecule has 2 amide bonds. The van der Waals surface area contributed by atoms with Gasteiger partial charge in [0, 0.05) is 18.8 Å². The first kappa shape index (κ1) is 15.8. The molecule has 1 aromatic heterocycles. The van der Waals surface area contributed by atoms with Crippen molar-refractivity contribution in [3.63, 3.8) is 0 Å². The Hall–Kier alpha value is -3.08. The van der Waals surface area contributed by atoms with Crippen LogP contribution in [0.4, 0.5) is 16.3 Å². The monoisotopic (exact) mass is 320 g/mol. The second-order valence-electron chi connectivity index (χ2n) is 5.80. The van der Waals surface area contributed by atoms with Crippen LogP contribution in [0, 0.1) is 13.8 Å². The van der Waals surface area contributed by atoms with E-state index in [9.17, 15) is 4.79 Å². The average molecular weight is 320 g/mol. The fourth-order valence-electron chi connectivity index (χ4n) is 2.55. The van der Waals surface area contributed by atoms with Crippen molar-refractivity contribution in [1.29, 1.82) is 0 Å². The first-order chi connectivity index (χ1) is 11.5. The molecule has 0 aliphatic heterocycles. The second kappa shape index (κ2) is 6.58. The zero-order valence-corrected chi connectivity index (χ0v) is 14.0. The zero-order valence-electron chi connectivity index (χ0n) is 14.0. The molecule has 122 valence electrons. The molecule has 0 aliphatic rings. The summed E-state index contributed by atoms with van der Waals surface area (Å²) < 4.78 is 1.75. The molecular weight excluding hydrogens is 300 g/mol. The Kier molecular flexibility index (Phi) is 4.33. The summed E-state index contributed by atoms with van der Waals surface area (Å²) in [6.45, 7) is 3.96. The smallest absolute Gasteiger partial charge is 0.307 e. The van der Waals surface area contributed by atoms with E-state index in [1.807, 2.05) is 75.5 Å². The molecule has 0 atom stereocenters.